The normalized spacial score (nSPS) is 12.3. The van der Waals surface area contributed by atoms with Crippen LogP contribution in [0.25, 0.3) is 10.9 Å². The molecule has 1 atom stereocenters. The third-order valence-corrected chi connectivity index (χ3v) is 2.83. The van der Waals surface area contributed by atoms with Crippen molar-refractivity contribution in [1.29, 1.82) is 0 Å². The van der Waals surface area contributed by atoms with Gasteiger partial charge in [0.1, 0.15) is 6.04 Å². The summed E-state index contributed by atoms with van der Waals surface area (Å²) in [6.45, 7) is 1.72. The van der Waals surface area contributed by atoms with E-state index in [1.165, 1.54) is 0 Å². The van der Waals surface area contributed by atoms with Crippen molar-refractivity contribution in [3.63, 3.8) is 0 Å². The van der Waals surface area contributed by atoms with Crippen LogP contribution in [0.5, 0.6) is 0 Å². The molecule has 1 aromatic heterocycles. The number of carbonyl (C=O) groups is 2. The third-order valence-electron chi connectivity index (χ3n) is 2.83. The number of carboxylic acid groups (broad SMARTS) is 1. The maximum absolute atomic E-state index is 11.9. The van der Waals surface area contributed by atoms with Crippen LogP contribution in [0.4, 0.5) is 0 Å². The van der Waals surface area contributed by atoms with Crippen molar-refractivity contribution < 1.29 is 14.7 Å². The molecule has 1 aromatic carbocycles. The van der Waals surface area contributed by atoms with E-state index in [-0.39, 0.29) is 5.91 Å². The Kier molecular flexibility index (Phi) is 3.32. The fourth-order valence-corrected chi connectivity index (χ4v) is 1.77. The zero-order valence-electron chi connectivity index (χ0n) is 9.93. The van der Waals surface area contributed by atoms with Gasteiger partial charge in [0.2, 0.25) is 0 Å². The second-order valence-corrected chi connectivity index (χ2v) is 4.05. The summed E-state index contributed by atoms with van der Waals surface area (Å²) < 4.78 is 0. The number of hydrogen-bond donors (Lipinski definition) is 3. The molecule has 3 N–H and O–H groups in total. The van der Waals surface area contributed by atoms with Gasteiger partial charge in [0.25, 0.3) is 5.91 Å². The highest BCUT2D eigenvalue weighted by Gasteiger charge is 2.18. The Morgan fingerprint density at radius 1 is 1.39 bits per heavy atom. The molecule has 0 fully saturated rings. The molecule has 0 saturated heterocycles. The van der Waals surface area contributed by atoms with E-state index in [9.17, 15) is 9.59 Å². The number of nitrogens with one attached hydrogen (secondary N) is 2. The molecule has 2 rings (SSSR count). The van der Waals surface area contributed by atoms with Crippen LogP contribution in [0.3, 0.4) is 0 Å². The van der Waals surface area contributed by atoms with E-state index in [0.29, 0.717) is 12.0 Å². The zero-order chi connectivity index (χ0) is 13.1. The van der Waals surface area contributed by atoms with Gasteiger partial charge in [-0.25, -0.2) is 4.79 Å². The van der Waals surface area contributed by atoms with Gasteiger partial charge in [-0.2, -0.15) is 0 Å². The van der Waals surface area contributed by atoms with E-state index in [1.807, 2.05) is 12.1 Å². The molecule has 2 aromatic rings. The largest absolute Gasteiger partial charge is 0.480 e. The number of rotatable bonds is 4. The van der Waals surface area contributed by atoms with Crippen molar-refractivity contribution in [3.8, 4) is 0 Å². The first-order valence-electron chi connectivity index (χ1n) is 5.72. The number of aliphatic carboxylic acids is 1. The lowest BCUT2D eigenvalue weighted by atomic mass is 10.1. The van der Waals surface area contributed by atoms with Crippen molar-refractivity contribution in [1.82, 2.24) is 10.3 Å². The molecule has 0 unspecified atom stereocenters. The molecule has 5 heteroatoms. The Hall–Kier alpha value is -2.30. The van der Waals surface area contributed by atoms with E-state index in [1.54, 1.807) is 25.3 Å². The Bertz CT molecular complexity index is 589. The number of amides is 1. The number of hydrogen-bond acceptors (Lipinski definition) is 2. The monoisotopic (exact) mass is 246 g/mol. The Morgan fingerprint density at radius 3 is 2.83 bits per heavy atom. The summed E-state index contributed by atoms with van der Waals surface area (Å²) in [5.41, 5.74) is 1.30. The molecule has 1 heterocycles. The molecule has 0 bridgehead atoms. The van der Waals surface area contributed by atoms with Gasteiger partial charge in [0, 0.05) is 17.3 Å². The van der Waals surface area contributed by atoms with Crippen molar-refractivity contribution in [2.24, 2.45) is 0 Å². The number of benzene rings is 1. The van der Waals surface area contributed by atoms with Gasteiger partial charge in [-0.3, -0.25) is 4.79 Å². The van der Waals surface area contributed by atoms with Gasteiger partial charge in [-0.15, -0.1) is 0 Å². The van der Waals surface area contributed by atoms with Crippen LogP contribution in [0, 0.1) is 0 Å². The second-order valence-electron chi connectivity index (χ2n) is 4.05. The summed E-state index contributed by atoms with van der Waals surface area (Å²) in [4.78, 5) is 25.8. The molecule has 0 saturated carbocycles. The minimum absolute atomic E-state index is 0.353. The molecular weight excluding hydrogens is 232 g/mol. The van der Waals surface area contributed by atoms with Gasteiger partial charge in [-0.05, 0) is 30.0 Å². The zero-order valence-corrected chi connectivity index (χ0v) is 9.93. The topological polar surface area (TPSA) is 82.2 Å². The highest BCUT2D eigenvalue weighted by molar-refractivity contribution is 5.99. The van der Waals surface area contributed by atoms with Gasteiger partial charge < -0.3 is 15.4 Å². The van der Waals surface area contributed by atoms with Crippen LogP contribution in [0.15, 0.2) is 30.5 Å². The number of aromatic nitrogens is 1. The fourth-order valence-electron chi connectivity index (χ4n) is 1.77. The number of H-pyrrole nitrogens is 1. The first-order valence-corrected chi connectivity index (χ1v) is 5.72. The lowest BCUT2D eigenvalue weighted by Gasteiger charge is -2.12. The second kappa shape index (κ2) is 4.91. The summed E-state index contributed by atoms with van der Waals surface area (Å²) in [7, 11) is 0. The minimum atomic E-state index is -1.02. The van der Waals surface area contributed by atoms with Crippen LogP contribution >= 0.6 is 0 Å². The lowest BCUT2D eigenvalue weighted by Crippen LogP contribution is -2.40. The van der Waals surface area contributed by atoms with Crippen LogP contribution in [0.2, 0.25) is 0 Å². The maximum Gasteiger partial charge on any atom is 0.326 e. The highest BCUT2D eigenvalue weighted by atomic mass is 16.4. The third kappa shape index (κ3) is 2.34. The van der Waals surface area contributed by atoms with Crippen molar-refractivity contribution in [2.75, 3.05) is 0 Å². The molecule has 1 amide bonds. The van der Waals surface area contributed by atoms with E-state index in [0.717, 1.165) is 10.9 Å². The van der Waals surface area contributed by atoms with Crippen LogP contribution in [-0.4, -0.2) is 28.0 Å². The molecule has 5 nitrogen and oxygen atoms in total. The summed E-state index contributed by atoms with van der Waals surface area (Å²) in [5.74, 6) is -1.40. The first kappa shape index (κ1) is 12.2. The highest BCUT2D eigenvalue weighted by Crippen LogP contribution is 2.14. The van der Waals surface area contributed by atoms with Crippen molar-refractivity contribution in [2.45, 2.75) is 19.4 Å². The molecule has 18 heavy (non-hydrogen) atoms. The summed E-state index contributed by atoms with van der Waals surface area (Å²) in [6.07, 6.45) is 2.14. The summed E-state index contributed by atoms with van der Waals surface area (Å²) >= 11 is 0. The van der Waals surface area contributed by atoms with E-state index in [4.69, 9.17) is 5.11 Å². The molecule has 0 aliphatic carbocycles. The van der Waals surface area contributed by atoms with Gasteiger partial charge in [0.15, 0.2) is 0 Å². The van der Waals surface area contributed by atoms with E-state index in [2.05, 4.69) is 10.3 Å². The number of fused-ring (bicyclic) bond motifs is 1. The average Bonchev–Trinajstić information content (AvgIpc) is 2.82. The Morgan fingerprint density at radius 2 is 2.17 bits per heavy atom. The fraction of sp³-hybridized carbons (Fsp3) is 0.231. The lowest BCUT2D eigenvalue weighted by molar-refractivity contribution is -0.139. The minimum Gasteiger partial charge on any atom is -0.480 e. The average molecular weight is 246 g/mol. The number of carboxylic acids is 1. The quantitative estimate of drug-likeness (QED) is 0.768. The number of carbonyl (C=O) groups excluding carboxylic acids is 1. The number of aromatic amines is 1. The van der Waals surface area contributed by atoms with Crippen LogP contribution in [0.1, 0.15) is 23.7 Å². The summed E-state index contributed by atoms with van der Waals surface area (Å²) in [6, 6.07) is 6.27. The molecule has 0 radical (unpaired) electrons. The smallest absolute Gasteiger partial charge is 0.326 e. The first-order chi connectivity index (χ1) is 8.61. The van der Waals surface area contributed by atoms with Crippen LogP contribution in [-0.2, 0) is 4.79 Å². The van der Waals surface area contributed by atoms with E-state index < -0.39 is 12.0 Å². The van der Waals surface area contributed by atoms with Crippen LogP contribution < -0.4 is 5.32 Å². The van der Waals surface area contributed by atoms with Crippen molar-refractivity contribution in [3.05, 3.63) is 36.0 Å². The predicted octanol–water partition coefficient (Wildman–Crippen LogP) is 1.76. The van der Waals surface area contributed by atoms with Gasteiger partial charge in [0.05, 0.1) is 0 Å². The molecular formula is C13H14N2O3. The standard InChI is InChI=1S/C13H14N2O3/c1-2-10(13(17)18)15-12(16)9-4-3-8-5-6-14-11(8)7-9/h3-7,10,14H,2H2,1H3,(H,15,16)(H,17,18)/t10-/m1/s1. The summed E-state index contributed by atoms with van der Waals surface area (Å²) in [5, 5.41) is 12.4. The van der Waals surface area contributed by atoms with E-state index >= 15 is 0 Å². The Balaban J connectivity index is 2.19. The SMILES string of the molecule is CC[C@@H](NC(=O)c1ccc2cc[nH]c2c1)C(=O)O. The maximum atomic E-state index is 11.9. The molecule has 0 spiro atoms. The predicted molar refractivity (Wildman–Crippen MR) is 67.5 cm³/mol. The molecule has 0 aliphatic rings. The molecule has 0 aliphatic heterocycles. The molecule has 94 valence electrons. The van der Waals surface area contributed by atoms with Gasteiger partial charge >= 0.3 is 5.97 Å². The van der Waals surface area contributed by atoms with Gasteiger partial charge in [-0.1, -0.05) is 13.0 Å². The Labute approximate surface area is 104 Å². The van der Waals surface area contributed by atoms with Crippen molar-refractivity contribution >= 4 is 22.8 Å².